The summed E-state index contributed by atoms with van der Waals surface area (Å²) in [6.07, 6.45) is 3.78. The fraction of sp³-hybridized carbons (Fsp3) is 0.150. The molecule has 0 aliphatic heterocycles. The number of thiazole rings is 1. The highest BCUT2D eigenvalue weighted by atomic mass is 32.1. The van der Waals surface area contributed by atoms with Gasteiger partial charge < -0.3 is 9.88 Å². The number of carbonyl (C=O) groups is 1. The van der Waals surface area contributed by atoms with Gasteiger partial charge in [0.25, 0.3) is 5.91 Å². The molecular formula is C20H18N4OS. The van der Waals surface area contributed by atoms with Gasteiger partial charge in [-0.25, -0.2) is 9.97 Å². The Balaban J connectivity index is 1.84. The number of aromatic amines is 1. The Morgan fingerprint density at radius 2 is 1.92 bits per heavy atom. The van der Waals surface area contributed by atoms with E-state index in [2.05, 4.69) is 33.2 Å². The molecule has 0 spiro atoms. The zero-order valence-electron chi connectivity index (χ0n) is 14.8. The number of hydrogen-bond acceptors (Lipinski definition) is 4. The molecule has 6 heteroatoms. The van der Waals surface area contributed by atoms with Crippen LogP contribution in [0.15, 0.2) is 48.8 Å². The third-order valence-corrected chi connectivity index (χ3v) is 5.24. The smallest absolute Gasteiger partial charge is 0.282 e. The molecule has 0 fully saturated rings. The van der Waals surface area contributed by atoms with E-state index in [0.29, 0.717) is 5.01 Å². The fourth-order valence-electron chi connectivity index (χ4n) is 2.92. The van der Waals surface area contributed by atoms with Crippen molar-refractivity contribution in [3.63, 3.8) is 0 Å². The van der Waals surface area contributed by atoms with Gasteiger partial charge >= 0.3 is 0 Å². The standard InChI is InChI=1S/C20H18N4OS/c1-12-17(23-19(26-12)20(25)24(2)3)16-11-22-18-15(16)9-14(10-21-18)13-7-5-4-6-8-13/h4-11H,1-3H3,(H,21,22). The summed E-state index contributed by atoms with van der Waals surface area (Å²) < 4.78 is 0. The first kappa shape index (κ1) is 16.5. The molecule has 1 amide bonds. The second-order valence-corrected chi connectivity index (χ2v) is 7.52. The van der Waals surface area contributed by atoms with Gasteiger partial charge in [-0.3, -0.25) is 4.79 Å². The molecule has 1 aromatic carbocycles. The molecule has 3 aromatic heterocycles. The van der Waals surface area contributed by atoms with E-state index in [1.165, 1.54) is 11.3 Å². The third kappa shape index (κ3) is 2.78. The molecule has 0 aliphatic rings. The summed E-state index contributed by atoms with van der Waals surface area (Å²) in [7, 11) is 3.47. The SMILES string of the molecule is Cc1sc(C(=O)N(C)C)nc1-c1c[nH]c2ncc(-c3ccccc3)cc12. The van der Waals surface area contributed by atoms with Crippen molar-refractivity contribution in [3.05, 3.63) is 58.7 Å². The van der Waals surface area contributed by atoms with Crippen molar-refractivity contribution in [2.45, 2.75) is 6.92 Å². The van der Waals surface area contributed by atoms with E-state index in [4.69, 9.17) is 0 Å². The predicted molar refractivity (Wildman–Crippen MR) is 105 cm³/mol. The molecule has 130 valence electrons. The maximum atomic E-state index is 12.2. The van der Waals surface area contributed by atoms with Crippen LogP contribution in [-0.4, -0.2) is 39.9 Å². The molecule has 0 radical (unpaired) electrons. The number of nitrogens with one attached hydrogen (secondary N) is 1. The van der Waals surface area contributed by atoms with Crippen LogP contribution in [0.2, 0.25) is 0 Å². The maximum absolute atomic E-state index is 12.2. The summed E-state index contributed by atoms with van der Waals surface area (Å²) in [5.41, 5.74) is 4.78. The lowest BCUT2D eigenvalue weighted by Crippen LogP contribution is -2.21. The number of fused-ring (bicyclic) bond motifs is 1. The quantitative estimate of drug-likeness (QED) is 0.589. The molecule has 4 aromatic rings. The molecule has 4 rings (SSSR count). The second-order valence-electron chi connectivity index (χ2n) is 6.31. The number of carbonyl (C=O) groups excluding carboxylic acids is 1. The highest BCUT2D eigenvalue weighted by Crippen LogP contribution is 2.34. The van der Waals surface area contributed by atoms with E-state index in [1.54, 1.807) is 19.0 Å². The number of benzene rings is 1. The van der Waals surface area contributed by atoms with Gasteiger partial charge in [-0.05, 0) is 18.6 Å². The van der Waals surface area contributed by atoms with Crippen molar-refractivity contribution in [1.29, 1.82) is 0 Å². The number of nitrogens with zero attached hydrogens (tertiary/aromatic N) is 3. The van der Waals surface area contributed by atoms with E-state index in [0.717, 1.165) is 38.3 Å². The van der Waals surface area contributed by atoms with Crippen LogP contribution < -0.4 is 0 Å². The first-order chi connectivity index (χ1) is 12.5. The van der Waals surface area contributed by atoms with Gasteiger partial charge in [0.15, 0.2) is 5.01 Å². The molecule has 5 nitrogen and oxygen atoms in total. The molecule has 0 aliphatic carbocycles. The first-order valence-electron chi connectivity index (χ1n) is 8.26. The van der Waals surface area contributed by atoms with Gasteiger partial charge in [-0.15, -0.1) is 11.3 Å². The van der Waals surface area contributed by atoms with Crippen LogP contribution in [0.3, 0.4) is 0 Å². The predicted octanol–water partition coefficient (Wildman–Crippen LogP) is 4.36. The van der Waals surface area contributed by atoms with Crippen LogP contribution in [0, 0.1) is 6.92 Å². The molecule has 0 unspecified atom stereocenters. The fourth-order valence-corrected chi connectivity index (χ4v) is 3.87. The lowest BCUT2D eigenvalue weighted by Gasteiger charge is -2.06. The van der Waals surface area contributed by atoms with E-state index in [-0.39, 0.29) is 5.91 Å². The molecule has 0 atom stereocenters. The van der Waals surface area contributed by atoms with Crippen LogP contribution in [-0.2, 0) is 0 Å². The largest absolute Gasteiger partial charge is 0.345 e. The molecule has 0 saturated heterocycles. The number of H-pyrrole nitrogens is 1. The minimum Gasteiger partial charge on any atom is -0.345 e. The van der Waals surface area contributed by atoms with E-state index in [9.17, 15) is 4.79 Å². The second kappa shape index (κ2) is 6.38. The van der Waals surface area contributed by atoms with Crippen molar-refractivity contribution in [2.24, 2.45) is 0 Å². The van der Waals surface area contributed by atoms with Gasteiger partial charge in [0, 0.05) is 47.9 Å². The summed E-state index contributed by atoms with van der Waals surface area (Å²) >= 11 is 1.42. The Kier molecular flexibility index (Phi) is 4.05. The zero-order chi connectivity index (χ0) is 18.3. The zero-order valence-corrected chi connectivity index (χ0v) is 15.6. The van der Waals surface area contributed by atoms with Crippen LogP contribution in [0.4, 0.5) is 0 Å². The summed E-state index contributed by atoms with van der Waals surface area (Å²) in [6.45, 7) is 1.99. The normalized spacial score (nSPS) is 11.0. The molecule has 26 heavy (non-hydrogen) atoms. The average molecular weight is 362 g/mol. The highest BCUT2D eigenvalue weighted by molar-refractivity contribution is 7.14. The van der Waals surface area contributed by atoms with Crippen LogP contribution >= 0.6 is 11.3 Å². The molecule has 1 N–H and O–H groups in total. The highest BCUT2D eigenvalue weighted by Gasteiger charge is 2.19. The number of rotatable bonds is 3. The minimum absolute atomic E-state index is 0.0766. The third-order valence-electron chi connectivity index (χ3n) is 4.28. The summed E-state index contributed by atoms with van der Waals surface area (Å²) in [4.78, 5) is 27.2. The van der Waals surface area contributed by atoms with Crippen molar-refractivity contribution in [2.75, 3.05) is 14.1 Å². The Morgan fingerprint density at radius 3 is 2.65 bits per heavy atom. The van der Waals surface area contributed by atoms with E-state index in [1.807, 2.05) is 37.5 Å². The Morgan fingerprint density at radius 1 is 1.15 bits per heavy atom. The Bertz CT molecular complexity index is 1100. The summed E-state index contributed by atoms with van der Waals surface area (Å²) in [5, 5.41) is 1.51. The Hall–Kier alpha value is -2.99. The molecule has 3 heterocycles. The van der Waals surface area contributed by atoms with Gasteiger partial charge in [0.2, 0.25) is 0 Å². The molecule has 0 saturated carbocycles. The summed E-state index contributed by atoms with van der Waals surface area (Å²) in [5.74, 6) is -0.0766. The lowest BCUT2D eigenvalue weighted by molar-refractivity contribution is 0.0827. The number of pyridine rings is 1. The number of aryl methyl sites for hydroxylation is 1. The molecular weight excluding hydrogens is 344 g/mol. The topological polar surface area (TPSA) is 61.9 Å². The van der Waals surface area contributed by atoms with Crippen molar-refractivity contribution in [1.82, 2.24) is 19.9 Å². The number of aromatic nitrogens is 3. The van der Waals surface area contributed by atoms with E-state index >= 15 is 0 Å². The number of amides is 1. The van der Waals surface area contributed by atoms with Crippen molar-refractivity contribution >= 4 is 28.3 Å². The first-order valence-corrected chi connectivity index (χ1v) is 9.08. The number of hydrogen-bond donors (Lipinski definition) is 1. The van der Waals surface area contributed by atoms with Crippen molar-refractivity contribution < 1.29 is 4.79 Å². The van der Waals surface area contributed by atoms with Crippen LogP contribution in [0.25, 0.3) is 33.4 Å². The lowest BCUT2D eigenvalue weighted by atomic mass is 10.0. The minimum atomic E-state index is -0.0766. The van der Waals surface area contributed by atoms with Gasteiger partial charge in [0.05, 0.1) is 5.69 Å². The maximum Gasteiger partial charge on any atom is 0.282 e. The van der Waals surface area contributed by atoms with Gasteiger partial charge in [0.1, 0.15) is 5.65 Å². The van der Waals surface area contributed by atoms with Crippen LogP contribution in [0.5, 0.6) is 0 Å². The monoisotopic (exact) mass is 362 g/mol. The Labute approximate surface area is 155 Å². The van der Waals surface area contributed by atoms with Gasteiger partial charge in [-0.2, -0.15) is 0 Å². The summed E-state index contributed by atoms with van der Waals surface area (Å²) in [6, 6.07) is 12.3. The average Bonchev–Trinajstić information content (AvgIpc) is 3.24. The van der Waals surface area contributed by atoms with Crippen LogP contribution in [0.1, 0.15) is 14.7 Å². The van der Waals surface area contributed by atoms with Crippen molar-refractivity contribution in [3.8, 4) is 22.4 Å². The van der Waals surface area contributed by atoms with Gasteiger partial charge in [-0.1, -0.05) is 30.3 Å². The van der Waals surface area contributed by atoms with E-state index < -0.39 is 0 Å². The molecule has 0 bridgehead atoms.